The minimum Gasteiger partial charge on any atom is -0.0622 e. The topological polar surface area (TPSA) is 0 Å². The van der Waals surface area contributed by atoms with E-state index in [0.717, 1.165) is 0 Å². The van der Waals surface area contributed by atoms with E-state index in [0.29, 0.717) is 0 Å². The molecule has 0 heterocycles. The molecule has 0 fully saturated rings. The zero-order valence-corrected chi connectivity index (χ0v) is 25.7. The van der Waals surface area contributed by atoms with Crippen LogP contribution in [-0.4, -0.2) is 0 Å². The van der Waals surface area contributed by atoms with Gasteiger partial charge < -0.3 is 0 Å². The highest BCUT2D eigenvalue weighted by Crippen LogP contribution is 2.57. The van der Waals surface area contributed by atoms with Crippen molar-refractivity contribution in [3.05, 3.63) is 156 Å². The molecule has 0 nitrogen and oxygen atoms in total. The monoisotopic (exact) mass is 562 g/mol. The maximum absolute atomic E-state index is 2.52. The van der Waals surface area contributed by atoms with Crippen molar-refractivity contribution >= 4 is 21.5 Å². The molecular weight excluding hydrogens is 528 g/mol. The van der Waals surface area contributed by atoms with Crippen LogP contribution in [0, 0.1) is 0 Å². The molecule has 7 aromatic carbocycles. The summed E-state index contributed by atoms with van der Waals surface area (Å²) < 4.78 is 0. The van der Waals surface area contributed by atoms with Gasteiger partial charge in [-0.3, -0.25) is 0 Å². The van der Waals surface area contributed by atoms with E-state index in [1.165, 1.54) is 88.3 Å². The average molecular weight is 563 g/mol. The molecule has 44 heavy (non-hydrogen) atoms. The Morgan fingerprint density at radius 1 is 0.318 bits per heavy atom. The van der Waals surface area contributed by atoms with Gasteiger partial charge in [0.2, 0.25) is 0 Å². The van der Waals surface area contributed by atoms with Gasteiger partial charge in [-0.1, -0.05) is 143 Å². The van der Waals surface area contributed by atoms with Crippen molar-refractivity contribution in [3.63, 3.8) is 0 Å². The van der Waals surface area contributed by atoms with Crippen LogP contribution in [0.2, 0.25) is 0 Å². The van der Waals surface area contributed by atoms with Crippen molar-refractivity contribution in [2.24, 2.45) is 0 Å². The van der Waals surface area contributed by atoms with Gasteiger partial charge in [-0.25, -0.2) is 0 Å². The van der Waals surface area contributed by atoms with Gasteiger partial charge in [-0.2, -0.15) is 0 Å². The quantitative estimate of drug-likeness (QED) is 0.197. The van der Waals surface area contributed by atoms with Crippen LogP contribution in [0.25, 0.3) is 66.1 Å². The van der Waals surface area contributed by atoms with Crippen LogP contribution < -0.4 is 0 Å². The van der Waals surface area contributed by atoms with E-state index in [1.54, 1.807) is 0 Å². The molecular formula is C44H34. The second-order valence-corrected chi connectivity index (χ2v) is 13.7. The summed E-state index contributed by atoms with van der Waals surface area (Å²) in [5, 5.41) is 5.31. The van der Waals surface area contributed by atoms with Gasteiger partial charge in [0.15, 0.2) is 0 Å². The van der Waals surface area contributed by atoms with Crippen LogP contribution >= 0.6 is 0 Å². The lowest BCUT2D eigenvalue weighted by Crippen LogP contribution is -2.16. The fourth-order valence-electron chi connectivity index (χ4n) is 8.39. The Balaban J connectivity index is 1.33. The smallest absolute Gasteiger partial charge is 0.0159 e. The van der Waals surface area contributed by atoms with E-state index in [-0.39, 0.29) is 10.8 Å². The molecule has 0 bridgehead atoms. The van der Waals surface area contributed by atoms with E-state index >= 15 is 0 Å². The molecule has 0 aromatic heterocycles. The van der Waals surface area contributed by atoms with Gasteiger partial charge in [0.1, 0.15) is 0 Å². The zero-order chi connectivity index (χ0) is 29.8. The summed E-state index contributed by atoms with van der Waals surface area (Å²) in [5.74, 6) is 0. The maximum atomic E-state index is 2.52. The lowest BCUT2D eigenvalue weighted by Gasteiger charge is -2.24. The number of rotatable bonds is 2. The molecule has 2 aliphatic rings. The lowest BCUT2D eigenvalue weighted by atomic mass is 9.78. The first-order valence-corrected chi connectivity index (χ1v) is 15.8. The minimum absolute atomic E-state index is 0.0310. The van der Waals surface area contributed by atoms with E-state index < -0.39 is 0 Å². The maximum Gasteiger partial charge on any atom is 0.0159 e. The molecule has 0 N–H and O–H groups in total. The van der Waals surface area contributed by atoms with Gasteiger partial charge in [0, 0.05) is 10.8 Å². The molecule has 7 aromatic rings. The SMILES string of the molecule is CC1(C)c2ccccc2-c2ccc(-c3cc4c(c5ccccc35)-c3c(cc(-c5ccccc5)c5ccccc35)C4(C)C)cc21. The molecule has 0 aliphatic heterocycles. The third-order valence-electron chi connectivity index (χ3n) is 10.7. The highest BCUT2D eigenvalue weighted by Gasteiger charge is 2.40. The Morgan fingerprint density at radius 2 is 0.795 bits per heavy atom. The van der Waals surface area contributed by atoms with Crippen LogP contribution in [0.3, 0.4) is 0 Å². The summed E-state index contributed by atoms with van der Waals surface area (Å²) in [6, 6.07) is 50.1. The van der Waals surface area contributed by atoms with Crippen LogP contribution in [0.15, 0.2) is 133 Å². The lowest BCUT2D eigenvalue weighted by molar-refractivity contribution is 0.660. The predicted octanol–water partition coefficient (Wildman–Crippen LogP) is 11.9. The molecule has 0 saturated heterocycles. The van der Waals surface area contributed by atoms with Crippen LogP contribution in [0.4, 0.5) is 0 Å². The summed E-state index contributed by atoms with van der Waals surface area (Å²) in [7, 11) is 0. The normalized spacial score (nSPS) is 15.2. The average Bonchev–Trinajstić information content (AvgIpc) is 3.43. The number of hydrogen-bond acceptors (Lipinski definition) is 0. The number of fused-ring (bicyclic) bond motifs is 10. The Labute approximate surface area is 259 Å². The summed E-state index contributed by atoms with van der Waals surface area (Å²) in [6.07, 6.45) is 0. The van der Waals surface area contributed by atoms with Crippen molar-refractivity contribution in [3.8, 4) is 44.5 Å². The molecule has 2 aliphatic carbocycles. The molecule has 0 spiro atoms. The molecule has 0 heteroatoms. The highest BCUT2D eigenvalue weighted by atomic mass is 14.4. The van der Waals surface area contributed by atoms with Crippen LogP contribution in [0.1, 0.15) is 49.9 Å². The van der Waals surface area contributed by atoms with Crippen molar-refractivity contribution < 1.29 is 0 Å². The summed E-state index contributed by atoms with van der Waals surface area (Å²) >= 11 is 0. The number of hydrogen-bond donors (Lipinski definition) is 0. The molecule has 0 amide bonds. The first kappa shape index (κ1) is 25.5. The van der Waals surface area contributed by atoms with E-state index in [9.17, 15) is 0 Å². The molecule has 0 atom stereocenters. The fourth-order valence-corrected chi connectivity index (χ4v) is 8.39. The summed E-state index contributed by atoms with van der Waals surface area (Å²) in [5.41, 5.74) is 16.2. The van der Waals surface area contributed by atoms with E-state index in [1.807, 2.05) is 0 Å². The molecule has 0 radical (unpaired) electrons. The van der Waals surface area contributed by atoms with Crippen LogP contribution in [-0.2, 0) is 10.8 Å². The van der Waals surface area contributed by atoms with E-state index in [4.69, 9.17) is 0 Å². The molecule has 210 valence electrons. The Bertz CT molecular complexity index is 2310. The largest absolute Gasteiger partial charge is 0.0622 e. The Hall–Kier alpha value is -4.94. The summed E-state index contributed by atoms with van der Waals surface area (Å²) in [6.45, 7) is 9.58. The van der Waals surface area contributed by atoms with Gasteiger partial charge >= 0.3 is 0 Å². The molecule has 0 unspecified atom stereocenters. The highest BCUT2D eigenvalue weighted by molar-refractivity contribution is 6.16. The van der Waals surface area contributed by atoms with Gasteiger partial charge in [-0.15, -0.1) is 0 Å². The standard InChI is InChI=1S/C44H34/c1-43(2)37-21-13-12-18-31(37)32-23-22-28(24-38(32)43)36-26-40-42(34-20-11-9-17-30(34)36)41-33-19-10-8-16-29(33)35(25-39(41)44(40,3)4)27-14-6-5-7-15-27/h5-26H,1-4H3. The first-order chi connectivity index (χ1) is 21.4. The number of benzene rings is 7. The third-order valence-corrected chi connectivity index (χ3v) is 10.7. The van der Waals surface area contributed by atoms with Gasteiger partial charge in [0.05, 0.1) is 0 Å². The molecule has 0 saturated carbocycles. The van der Waals surface area contributed by atoms with E-state index in [2.05, 4.69) is 161 Å². The van der Waals surface area contributed by atoms with Crippen molar-refractivity contribution in [1.82, 2.24) is 0 Å². The van der Waals surface area contributed by atoms with Crippen LogP contribution in [0.5, 0.6) is 0 Å². The predicted molar refractivity (Wildman–Crippen MR) is 187 cm³/mol. The zero-order valence-electron chi connectivity index (χ0n) is 25.7. The van der Waals surface area contributed by atoms with Crippen molar-refractivity contribution in [2.45, 2.75) is 38.5 Å². The molecule has 9 rings (SSSR count). The fraction of sp³-hybridized carbons (Fsp3) is 0.136. The van der Waals surface area contributed by atoms with Crippen molar-refractivity contribution in [2.75, 3.05) is 0 Å². The van der Waals surface area contributed by atoms with Gasteiger partial charge in [0.25, 0.3) is 0 Å². The Morgan fingerprint density at radius 3 is 1.43 bits per heavy atom. The second-order valence-electron chi connectivity index (χ2n) is 13.7. The second kappa shape index (κ2) is 8.80. The summed E-state index contributed by atoms with van der Waals surface area (Å²) in [4.78, 5) is 0. The van der Waals surface area contributed by atoms with Gasteiger partial charge in [-0.05, 0) is 107 Å². The first-order valence-electron chi connectivity index (χ1n) is 15.8. The minimum atomic E-state index is -0.150. The van der Waals surface area contributed by atoms with Crippen molar-refractivity contribution in [1.29, 1.82) is 0 Å². The third kappa shape index (κ3) is 3.29. The Kier molecular flexibility index (Phi) is 5.11.